The fourth-order valence-electron chi connectivity index (χ4n) is 1.70. The zero-order chi connectivity index (χ0) is 13.9. The maximum atomic E-state index is 8.79. The molecule has 0 aliphatic carbocycles. The maximum Gasteiger partial charge on any atom is 0.189 e. The van der Waals surface area contributed by atoms with E-state index >= 15 is 0 Å². The van der Waals surface area contributed by atoms with Crippen LogP contribution in [-0.2, 0) is 0 Å². The van der Waals surface area contributed by atoms with Gasteiger partial charge >= 0.3 is 0 Å². The van der Waals surface area contributed by atoms with Crippen LogP contribution < -0.4 is 5.73 Å². The summed E-state index contributed by atoms with van der Waals surface area (Å²) in [5.74, 6) is -0.00536. The van der Waals surface area contributed by atoms with Crippen molar-refractivity contribution in [1.82, 2.24) is 9.97 Å². The number of pyridine rings is 1. The predicted molar refractivity (Wildman–Crippen MR) is 80.5 cm³/mol. The second kappa shape index (κ2) is 5.48. The number of thiazole rings is 1. The molecule has 2 heterocycles. The van der Waals surface area contributed by atoms with Gasteiger partial charge in [0.1, 0.15) is 5.69 Å². The number of hydrogen-bond donors (Lipinski definition) is 2. The Balaban J connectivity index is 1.99. The highest BCUT2D eigenvalue weighted by Gasteiger charge is 2.12. The zero-order valence-electron chi connectivity index (χ0n) is 10.2. The smallest absolute Gasteiger partial charge is 0.189 e. The van der Waals surface area contributed by atoms with Crippen molar-refractivity contribution in [3.63, 3.8) is 0 Å². The van der Waals surface area contributed by atoms with Crippen molar-refractivity contribution >= 4 is 39.2 Å². The highest BCUT2D eigenvalue weighted by molar-refractivity contribution is 8.01. The number of amidine groups is 1. The summed E-state index contributed by atoms with van der Waals surface area (Å²) in [5.41, 5.74) is 7.06. The Labute approximate surface area is 123 Å². The lowest BCUT2D eigenvalue weighted by Gasteiger charge is -2.03. The summed E-state index contributed by atoms with van der Waals surface area (Å²) in [4.78, 5) is 9.49. The molecule has 20 heavy (non-hydrogen) atoms. The first-order chi connectivity index (χ1) is 9.78. The van der Waals surface area contributed by atoms with Crippen LogP contribution in [0.15, 0.2) is 57.0 Å². The molecule has 0 aliphatic rings. The van der Waals surface area contributed by atoms with Crippen molar-refractivity contribution in [3.8, 4) is 0 Å². The molecule has 7 heteroatoms. The number of aromatic nitrogens is 2. The summed E-state index contributed by atoms with van der Waals surface area (Å²) in [5, 5.41) is 11.8. The fourth-order valence-corrected chi connectivity index (χ4v) is 3.84. The van der Waals surface area contributed by atoms with Crippen LogP contribution in [0, 0.1) is 0 Å². The monoisotopic (exact) mass is 302 g/mol. The van der Waals surface area contributed by atoms with Crippen LogP contribution in [0.5, 0.6) is 0 Å². The summed E-state index contributed by atoms with van der Waals surface area (Å²) in [6, 6.07) is 11.6. The van der Waals surface area contributed by atoms with E-state index in [0.29, 0.717) is 5.69 Å². The Morgan fingerprint density at radius 1 is 1.25 bits per heavy atom. The van der Waals surface area contributed by atoms with E-state index in [9.17, 15) is 0 Å². The van der Waals surface area contributed by atoms with Crippen LogP contribution in [0.4, 0.5) is 0 Å². The molecule has 5 nitrogen and oxygen atoms in total. The fraction of sp³-hybridized carbons (Fsp3) is 0. The molecular formula is C13H10N4OS2. The van der Waals surface area contributed by atoms with E-state index in [-0.39, 0.29) is 5.84 Å². The molecule has 1 aromatic carbocycles. The van der Waals surface area contributed by atoms with Crippen LogP contribution in [0.25, 0.3) is 10.2 Å². The molecule has 0 saturated heterocycles. The Hall–Kier alpha value is -2.12. The molecular weight excluding hydrogens is 292 g/mol. The first-order valence-electron chi connectivity index (χ1n) is 5.74. The molecule has 0 aliphatic heterocycles. The van der Waals surface area contributed by atoms with Gasteiger partial charge < -0.3 is 10.9 Å². The lowest BCUT2D eigenvalue weighted by molar-refractivity contribution is 0.318. The van der Waals surface area contributed by atoms with Crippen molar-refractivity contribution in [2.45, 2.75) is 9.24 Å². The third kappa shape index (κ3) is 2.45. The SMILES string of the molecule is N/C(=N/O)c1ncccc1Sc1nc2ccccc2s1. The van der Waals surface area contributed by atoms with E-state index in [1.807, 2.05) is 36.4 Å². The van der Waals surface area contributed by atoms with Crippen LogP contribution in [0.2, 0.25) is 0 Å². The Morgan fingerprint density at radius 3 is 2.90 bits per heavy atom. The van der Waals surface area contributed by atoms with Gasteiger partial charge in [0.15, 0.2) is 10.2 Å². The van der Waals surface area contributed by atoms with Gasteiger partial charge in [0.05, 0.1) is 10.2 Å². The van der Waals surface area contributed by atoms with Crippen molar-refractivity contribution < 1.29 is 5.21 Å². The lowest BCUT2D eigenvalue weighted by atomic mass is 10.3. The lowest BCUT2D eigenvalue weighted by Crippen LogP contribution is -2.15. The molecule has 0 bridgehead atoms. The minimum absolute atomic E-state index is 0.00536. The van der Waals surface area contributed by atoms with Gasteiger partial charge in [-0.05, 0) is 24.3 Å². The maximum absolute atomic E-state index is 8.79. The van der Waals surface area contributed by atoms with Gasteiger partial charge in [0.25, 0.3) is 0 Å². The van der Waals surface area contributed by atoms with Crippen molar-refractivity contribution in [1.29, 1.82) is 0 Å². The average Bonchev–Trinajstić information content (AvgIpc) is 2.89. The van der Waals surface area contributed by atoms with Gasteiger partial charge in [0, 0.05) is 11.1 Å². The van der Waals surface area contributed by atoms with Crippen LogP contribution >= 0.6 is 23.1 Å². The van der Waals surface area contributed by atoms with Gasteiger partial charge in [-0.25, -0.2) is 4.98 Å². The van der Waals surface area contributed by atoms with Crippen LogP contribution in [0.1, 0.15) is 5.69 Å². The van der Waals surface area contributed by atoms with E-state index in [1.165, 1.54) is 11.8 Å². The molecule has 0 amide bonds. The summed E-state index contributed by atoms with van der Waals surface area (Å²) < 4.78 is 2.02. The van der Waals surface area contributed by atoms with Gasteiger partial charge in [-0.2, -0.15) is 0 Å². The Morgan fingerprint density at radius 2 is 2.10 bits per heavy atom. The summed E-state index contributed by atoms with van der Waals surface area (Å²) in [6.07, 6.45) is 1.61. The summed E-state index contributed by atoms with van der Waals surface area (Å²) >= 11 is 3.06. The number of oxime groups is 1. The standard InChI is InChI=1S/C13H10N4OS2/c14-12(17-18)11-10(6-3-7-15-11)20-13-16-8-4-1-2-5-9(8)19-13/h1-7,18H,(H2,14,17). The topological polar surface area (TPSA) is 84.4 Å². The first kappa shape index (κ1) is 12.9. The zero-order valence-corrected chi connectivity index (χ0v) is 11.9. The van der Waals surface area contributed by atoms with Gasteiger partial charge in [-0.1, -0.05) is 29.1 Å². The van der Waals surface area contributed by atoms with Crippen LogP contribution in [-0.4, -0.2) is 21.0 Å². The van der Waals surface area contributed by atoms with Crippen molar-refractivity contribution in [2.24, 2.45) is 10.9 Å². The summed E-state index contributed by atoms with van der Waals surface area (Å²) in [6.45, 7) is 0. The summed E-state index contributed by atoms with van der Waals surface area (Å²) in [7, 11) is 0. The molecule has 2 aromatic heterocycles. The predicted octanol–water partition coefficient (Wildman–Crippen LogP) is 2.94. The third-order valence-corrected chi connectivity index (χ3v) is 4.74. The molecule has 3 N–H and O–H groups in total. The van der Waals surface area contributed by atoms with Gasteiger partial charge in [-0.15, -0.1) is 11.3 Å². The molecule has 0 atom stereocenters. The molecule has 0 fully saturated rings. The highest BCUT2D eigenvalue weighted by atomic mass is 32.2. The molecule has 0 radical (unpaired) electrons. The minimum Gasteiger partial charge on any atom is -0.409 e. The van der Waals surface area contributed by atoms with Crippen molar-refractivity contribution in [2.75, 3.05) is 0 Å². The second-order valence-electron chi connectivity index (χ2n) is 3.88. The average molecular weight is 302 g/mol. The third-order valence-electron chi connectivity index (χ3n) is 2.59. The molecule has 0 saturated carbocycles. The Kier molecular flexibility index (Phi) is 3.53. The number of fused-ring (bicyclic) bond motifs is 1. The highest BCUT2D eigenvalue weighted by Crippen LogP contribution is 2.35. The molecule has 3 aromatic rings. The quantitative estimate of drug-likeness (QED) is 0.336. The molecule has 0 spiro atoms. The second-order valence-corrected chi connectivity index (χ2v) is 6.20. The van der Waals surface area contributed by atoms with E-state index in [0.717, 1.165) is 19.5 Å². The van der Waals surface area contributed by atoms with Crippen molar-refractivity contribution in [3.05, 3.63) is 48.3 Å². The number of para-hydroxylation sites is 1. The van der Waals surface area contributed by atoms with Crippen LogP contribution in [0.3, 0.4) is 0 Å². The van der Waals surface area contributed by atoms with E-state index in [2.05, 4.69) is 15.1 Å². The Bertz CT molecular complexity index is 752. The minimum atomic E-state index is -0.00536. The van der Waals surface area contributed by atoms with E-state index in [1.54, 1.807) is 17.5 Å². The first-order valence-corrected chi connectivity index (χ1v) is 7.37. The number of benzene rings is 1. The van der Waals surface area contributed by atoms with E-state index in [4.69, 9.17) is 10.9 Å². The number of nitrogens with two attached hydrogens (primary N) is 1. The number of rotatable bonds is 3. The van der Waals surface area contributed by atoms with Gasteiger partial charge in [-0.3, -0.25) is 4.98 Å². The number of nitrogens with zero attached hydrogens (tertiary/aromatic N) is 3. The molecule has 0 unspecified atom stereocenters. The molecule has 100 valence electrons. The normalized spacial score (nSPS) is 11.9. The molecule has 3 rings (SSSR count). The van der Waals surface area contributed by atoms with Gasteiger partial charge in [0.2, 0.25) is 0 Å². The number of hydrogen-bond acceptors (Lipinski definition) is 6. The van der Waals surface area contributed by atoms with E-state index < -0.39 is 0 Å². The largest absolute Gasteiger partial charge is 0.409 e.